The summed E-state index contributed by atoms with van der Waals surface area (Å²) >= 11 is 0. The number of Topliss-reactive ketones (excluding diaryl/α,β-unsaturated/α-hetero) is 1. The van der Waals surface area contributed by atoms with Gasteiger partial charge in [-0.25, -0.2) is 9.59 Å². The van der Waals surface area contributed by atoms with Gasteiger partial charge in [0.05, 0.1) is 17.8 Å². The van der Waals surface area contributed by atoms with Crippen LogP contribution in [-0.2, 0) is 23.9 Å². The van der Waals surface area contributed by atoms with Crippen LogP contribution in [0, 0.1) is 5.92 Å². The number of primary amides is 1. The Kier molecular flexibility index (Phi) is 13.8. The topological polar surface area (TPSA) is 237 Å². The molecule has 2 saturated carbocycles. The van der Waals surface area contributed by atoms with Crippen LogP contribution in [0.5, 0.6) is 0 Å². The van der Waals surface area contributed by atoms with Crippen LogP contribution in [-0.4, -0.2) is 105 Å². The van der Waals surface area contributed by atoms with E-state index in [0.29, 0.717) is 31.5 Å². The molecule has 0 radical (unpaired) electrons. The van der Waals surface area contributed by atoms with Gasteiger partial charge in [-0.2, -0.15) is 0 Å². The van der Waals surface area contributed by atoms with E-state index in [1.165, 1.54) is 4.90 Å². The highest BCUT2D eigenvalue weighted by atomic mass is 16.6. The van der Waals surface area contributed by atoms with Gasteiger partial charge in [-0.3, -0.25) is 24.2 Å². The molecular formula is C35H59N9O8. The average Bonchev–Trinajstić information content (AvgIpc) is 3.52. The first-order chi connectivity index (χ1) is 24.4. The van der Waals surface area contributed by atoms with E-state index in [0.717, 1.165) is 44.9 Å². The molecule has 1 unspecified atom stereocenters. The molecule has 0 spiro atoms. The third-order valence-electron chi connectivity index (χ3n) is 9.79. The second-order valence-electron chi connectivity index (χ2n) is 16.0. The molecule has 4 aliphatic rings. The van der Waals surface area contributed by atoms with Crippen LogP contribution in [0.3, 0.4) is 0 Å². The standard InChI is InChI=1S/C35H59N9O8/c1-34(2,3)52-33(50)41-25(17-21-11-7-6-8-12-21)31(48)43-20-23(44-27(19-38-42-44)35(4,5)51)18-26(43)30(47)40-24(28(45)29(36)46)13-9-10-16-37-32(49)39-22-14-15-22/h19,21-26,38,42,51H,6-18,20H2,1-5H3,(H2,36,46)(H,40,47)(H,41,50)(H2,37,39,49)/t23-,24?,25+,26-/m0/s1. The first-order valence-corrected chi connectivity index (χ1v) is 18.6. The molecular weight excluding hydrogens is 674 g/mol. The minimum Gasteiger partial charge on any atom is -0.444 e. The van der Waals surface area contributed by atoms with Crippen LogP contribution < -0.4 is 38.0 Å². The van der Waals surface area contributed by atoms with E-state index in [1.54, 1.807) is 45.8 Å². The number of unbranched alkanes of at least 4 members (excludes halogenated alkanes) is 1. The number of hydrogen-bond acceptors (Lipinski definition) is 11. The number of carbonyl (C=O) groups is 6. The highest BCUT2D eigenvalue weighted by molar-refractivity contribution is 6.37. The molecule has 6 amide bonds. The Balaban J connectivity index is 1.53. The Bertz CT molecular complexity index is 1350. The normalized spacial score (nSPS) is 22.1. The number of nitrogens with two attached hydrogens (primary N) is 1. The third-order valence-corrected chi connectivity index (χ3v) is 9.79. The molecule has 4 atom stereocenters. The minimum absolute atomic E-state index is 0.0409. The van der Waals surface area contributed by atoms with Crippen LogP contribution in [0.15, 0.2) is 11.9 Å². The molecule has 17 heteroatoms. The fourth-order valence-corrected chi connectivity index (χ4v) is 7.03. The van der Waals surface area contributed by atoms with Crippen LogP contribution in [0.1, 0.15) is 112 Å². The van der Waals surface area contributed by atoms with Gasteiger partial charge in [0.2, 0.25) is 17.6 Å². The number of alkyl carbamates (subject to hydrolysis) is 1. The van der Waals surface area contributed by atoms with Gasteiger partial charge < -0.3 is 47.2 Å². The zero-order valence-electron chi connectivity index (χ0n) is 31.2. The van der Waals surface area contributed by atoms with E-state index in [2.05, 4.69) is 32.2 Å². The van der Waals surface area contributed by atoms with E-state index in [9.17, 15) is 33.9 Å². The molecule has 2 aliphatic carbocycles. The highest BCUT2D eigenvalue weighted by Gasteiger charge is 2.47. The molecule has 2 aliphatic heterocycles. The molecule has 52 heavy (non-hydrogen) atoms. The Morgan fingerprint density at radius 2 is 1.67 bits per heavy atom. The Morgan fingerprint density at radius 1 is 0.981 bits per heavy atom. The predicted octanol–water partition coefficient (Wildman–Crippen LogP) is 0.928. The minimum atomic E-state index is -1.28. The number of urea groups is 1. The lowest BCUT2D eigenvalue weighted by atomic mass is 9.84. The number of ketones is 1. The number of likely N-dealkylation sites (tertiary alicyclic amines) is 1. The summed E-state index contributed by atoms with van der Waals surface area (Å²) in [7, 11) is 0. The van der Waals surface area contributed by atoms with Gasteiger partial charge in [0.1, 0.15) is 23.3 Å². The van der Waals surface area contributed by atoms with Gasteiger partial charge in [0.15, 0.2) is 0 Å². The van der Waals surface area contributed by atoms with Crippen LogP contribution in [0.2, 0.25) is 0 Å². The number of carbonyl (C=O) groups excluding carboxylic acids is 6. The van der Waals surface area contributed by atoms with Gasteiger partial charge in [-0.15, -0.1) is 5.53 Å². The van der Waals surface area contributed by atoms with E-state index in [4.69, 9.17) is 10.5 Å². The third kappa shape index (κ3) is 12.0. The van der Waals surface area contributed by atoms with E-state index in [-0.39, 0.29) is 37.4 Å². The van der Waals surface area contributed by atoms with Crippen molar-refractivity contribution in [2.75, 3.05) is 13.1 Å². The summed E-state index contributed by atoms with van der Waals surface area (Å²) in [5.74, 6) is -3.13. The fourth-order valence-electron chi connectivity index (χ4n) is 7.03. The SMILES string of the molecule is CC(C)(C)OC(=O)N[C@H](CC1CCCCC1)C(=O)N1C[C@@H](N2NNC=C2C(C)(C)O)C[C@H]1C(=O)NC(CCCCNC(=O)NC1CC1)C(=O)C(N)=O. The summed E-state index contributed by atoms with van der Waals surface area (Å²) < 4.78 is 5.52. The van der Waals surface area contributed by atoms with E-state index in [1.807, 2.05) is 0 Å². The predicted molar refractivity (Wildman–Crippen MR) is 190 cm³/mol. The first kappa shape index (κ1) is 40.6. The Hall–Kier alpha value is -4.12. The van der Waals surface area contributed by atoms with Crippen molar-refractivity contribution in [3.63, 3.8) is 0 Å². The van der Waals surface area contributed by atoms with E-state index >= 15 is 0 Å². The number of rotatable bonds is 16. The lowest BCUT2D eigenvalue weighted by Gasteiger charge is -2.34. The van der Waals surface area contributed by atoms with Crippen molar-refractivity contribution in [2.45, 2.75) is 153 Å². The van der Waals surface area contributed by atoms with E-state index < -0.39 is 65.0 Å². The summed E-state index contributed by atoms with van der Waals surface area (Å²) in [6.07, 6.45) is 9.14. The van der Waals surface area contributed by atoms with Gasteiger partial charge >= 0.3 is 12.1 Å². The summed E-state index contributed by atoms with van der Waals surface area (Å²) in [5.41, 5.74) is 9.63. The van der Waals surface area contributed by atoms with Crippen molar-refractivity contribution in [1.29, 1.82) is 0 Å². The fraction of sp³-hybridized carbons (Fsp3) is 0.771. The number of nitrogens with zero attached hydrogens (tertiary/aromatic N) is 2. The highest BCUT2D eigenvalue weighted by Crippen LogP contribution is 2.32. The molecule has 0 aromatic heterocycles. The largest absolute Gasteiger partial charge is 0.444 e. The van der Waals surface area contributed by atoms with Gasteiger partial charge in [-0.1, -0.05) is 32.1 Å². The Morgan fingerprint density at radius 3 is 2.29 bits per heavy atom. The summed E-state index contributed by atoms with van der Waals surface area (Å²) in [6.45, 7) is 8.79. The summed E-state index contributed by atoms with van der Waals surface area (Å²) in [5, 5.41) is 23.6. The molecule has 9 N–H and O–H groups in total. The van der Waals surface area contributed by atoms with Gasteiger partial charge in [0.25, 0.3) is 5.91 Å². The molecule has 0 bridgehead atoms. The number of hydrazine groups is 2. The maximum Gasteiger partial charge on any atom is 0.408 e. The van der Waals surface area contributed by atoms with Crippen molar-refractivity contribution in [1.82, 2.24) is 42.1 Å². The van der Waals surface area contributed by atoms with Crippen LogP contribution in [0.25, 0.3) is 0 Å². The van der Waals surface area contributed by atoms with Gasteiger partial charge in [-0.05, 0) is 79.1 Å². The van der Waals surface area contributed by atoms with Gasteiger partial charge in [0, 0.05) is 31.8 Å². The lowest BCUT2D eigenvalue weighted by Crippen LogP contribution is -2.56. The van der Waals surface area contributed by atoms with Crippen LogP contribution in [0.4, 0.5) is 9.59 Å². The number of ether oxygens (including phenoxy) is 1. The average molecular weight is 734 g/mol. The second kappa shape index (κ2) is 17.6. The number of nitrogens with one attached hydrogen (secondary N) is 6. The molecule has 4 rings (SSSR count). The van der Waals surface area contributed by atoms with Crippen molar-refractivity contribution in [2.24, 2.45) is 11.7 Å². The quantitative estimate of drug-likeness (QED) is 0.0821. The zero-order valence-corrected chi connectivity index (χ0v) is 31.2. The first-order valence-electron chi connectivity index (χ1n) is 18.6. The van der Waals surface area contributed by atoms with Crippen LogP contribution >= 0.6 is 0 Å². The van der Waals surface area contributed by atoms with Crippen molar-refractivity contribution >= 4 is 35.6 Å². The maximum absolute atomic E-state index is 14.5. The van der Waals surface area contributed by atoms with Crippen molar-refractivity contribution in [3.8, 4) is 0 Å². The summed E-state index contributed by atoms with van der Waals surface area (Å²) in [4.78, 5) is 80.0. The second-order valence-corrected chi connectivity index (χ2v) is 16.0. The number of amides is 6. The summed E-state index contributed by atoms with van der Waals surface area (Å²) in [6, 6.07) is -3.92. The smallest absolute Gasteiger partial charge is 0.408 e. The number of hydrogen-bond donors (Lipinski definition) is 8. The zero-order chi connectivity index (χ0) is 38.2. The molecule has 2 heterocycles. The molecule has 1 saturated heterocycles. The lowest BCUT2D eigenvalue weighted by molar-refractivity contribution is -0.142. The number of aliphatic hydroxyl groups is 1. The molecule has 0 aromatic rings. The van der Waals surface area contributed by atoms with Crippen molar-refractivity contribution in [3.05, 3.63) is 11.9 Å². The monoisotopic (exact) mass is 733 g/mol. The molecule has 0 aromatic carbocycles. The van der Waals surface area contributed by atoms with Crippen molar-refractivity contribution < 1.29 is 38.6 Å². The Labute approximate surface area is 305 Å². The molecule has 17 nitrogen and oxygen atoms in total. The molecule has 292 valence electrons. The maximum atomic E-state index is 14.5. The molecule has 3 fully saturated rings.